The van der Waals surface area contributed by atoms with Crippen molar-refractivity contribution in [3.8, 4) is 0 Å². The van der Waals surface area contributed by atoms with Gasteiger partial charge in [0, 0.05) is 15.6 Å². The first kappa shape index (κ1) is 5.54. The Balaban J connectivity index is 2.84. The SMILES string of the molecule is [2H]C([2H])([2H])n1cnc2ccc(Br)cc2c1=O. The molecule has 0 unspecified atom stereocenters. The lowest BCUT2D eigenvalue weighted by Gasteiger charge is -1.99. The third-order valence-corrected chi connectivity index (χ3v) is 2.21. The Morgan fingerprint density at radius 2 is 2.46 bits per heavy atom. The maximum Gasteiger partial charge on any atom is 0.260 e. The summed E-state index contributed by atoms with van der Waals surface area (Å²) in [5.74, 6) is 0. The van der Waals surface area contributed by atoms with Gasteiger partial charge in [-0.15, -0.1) is 0 Å². The molecule has 0 atom stereocenters. The molecule has 3 nitrogen and oxygen atoms in total. The van der Waals surface area contributed by atoms with E-state index < -0.39 is 12.5 Å². The van der Waals surface area contributed by atoms with Gasteiger partial charge in [-0.1, -0.05) is 15.9 Å². The van der Waals surface area contributed by atoms with Gasteiger partial charge in [-0.05, 0) is 18.2 Å². The van der Waals surface area contributed by atoms with Crippen LogP contribution in [-0.2, 0) is 6.98 Å². The zero-order valence-corrected chi connectivity index (χ0v) is 8.08. The van der Waals surface area contributed by atoms with Crippen molar-refractivity contribution in [3.63, 3.8) is 0 Å². The number of aryl methyl sites for hydroxylation is 1. The predicted molar refractivity (Wildman–Crippen MR) is 54.7 cm³/mol. The molecular formula is C9H7BrN2O. The third-order valence-electron chi connectivity index (χ3n) is 1.72. The van der Waals surface area contributed by atoms with Gasteiger partial charge >= 0.3 is 0 Å². The maximum atomic E-state index is 11.9. The van der Waals surface area contributed by atoms with E-state index in [9.17, 15) is 4.79 Å². The van der Waals surface area contributed by atoms with Crippen LogP contribution in [0.4, 0.5) is 0 Å². The van der Waals surface area contributed by atoms with Crippen LogP contribution < -0.4 is 5.56 Å². The molecule has 0 amide bonds. The zero-order valence-electron chi connectivity index (χ0n) is 9.49. The summed E-state index contributed by atoms with van der Waals surface area (Å²) in [5, 5.41) is 0.285. The maximum absolute atomic E-state index is 11.9. The molecule has 0 bridgehead atoms. The van der Waals surface area contributed by atoms with Crippen molar-refractivity contribution in [3.05, 3.63) is 39.4 Å². The number of fused-ring (bicyclic) bond motifs is 1. The lowest BCUT2D eigenvalue weighted by Crippen LogP contribution is -2.16. The van der Waals surface area contributed by atoms with Crippen LogP contribution in [0.3, 0.4) is 0 Å². The minimum absolute atomic E-state index is 0.285. The highest BCUT2D eigenvalue weighted by Crippen LogP contribution is 2.14. The second-order valence-electron chi connectivity index (χ2n) is 2.58. The highest BCUT2D eigenvalue weighted by Gasteiger charge is 2.00. The van der Waals surface area contributed by atoms with Crippen LogP contribution in [0, 0.1) is 0 Å². The number of halogens is 1. The molecule has 4 heteroatoms. The number of nitrogens with zero attached hydrogens (tertiary/aromatic N) is 2. The standard InChI is InChI=1S/C9H7BrN2O/c1-12-5-11-8-3-2-6(10)4-7(8)9(12)13/h2-5H,1H3/i1D3. The van der Waals surface area contributed by atoms with Crippen LogP contribution in [0.25, 0.3) is 10.9 Å². The molecule has 0 saturated heterocycles. The van der Waals surface area contributed by atoms with E-state index in [4.69, 9.17) is 4.11 Å². The minimum Gasteiger partial charge on any atom is -0.302 e. The molecule has 0 N–H and O–H groups in total. The van der Waals surface area contributed by atoms with Gasteiger partial charge < -0.3 is 4.57 Å². The monoisotopic (exact) mass is 241 g/mol. The van der Waals surface area contributed by atoms with Crippen molar-refractivity contribution in [1.82, 2.24) is 9.55 Å². The summed E-state index contributed by atoms with van der Waals surface area (Å²) in [6.45, 7) is -2.50. The van der Waals surface area contributed by atoms with E-state index in [-0.39, 0.29) is 5.39 Å². The normalized spacial score (nSPS) is 15.0. The summed E-state index contributed by atoms with van der Waals surface area (Å²) < 4.78 is 22.9. The van der Waals surface area contributed by atoms with Gasteiger partial charge in [0.25, 0.3) is 5.56 Å². The van der Waals surface area contributed by atoms with Crippen LogP contribution >= 0.6 is 15.9 Å². The summed E-state index contributed by atoms with van der Waals surface area (Å²) in [6.07, 6.45) is 1.05. The van der Waals surface area contributed by atoms with E-state index in [1.807, 2.05) is 0 Å². The Morgan fingerprint density at radius 3 is 3.23 bits per heavy atom. The molecule has 13 heavy (non-hydrogen) atoms. The van der Waals surface area contributed by atoms with Crippen molar-refractivity contribution >= 4 is 26.8 Å². The fraction of sp³-hybridized carbons (Fsp3) is 0.111. The van der Waals surface area contributed by atoms with E-state index in [1.54, 1.807) is 18.2 Å². The third kappa shape index (κ3) is 1.37. The topological polar surface area (TPSA) is 34.9 Å². The fourth-order valence-electron chi connectivity index (χ4n) is 1.09. The fourth-order valence-corrected chi connectivity index (χ4v) is 1.46. The molecule has 0 saturated carbocycles. The molecule has 66 valence electrons. The van der Waals surface area contributed by atoms with Crippen molar-refractivity contribution in [2.24, 2.45) is 6.98 Å². The second kappa shape index (κ2) is 2.96. The number of rotatable bonds is 0. The first-order valence-electron chi connectivity index (χ1n) is 5.07. The van der Waals surface area contributed by atoms with Gasteiger partial charge in [-0.25, -0.2) is 4.98 Å². The smallest absolute Gasteiger partial charge is 0.260 e. The lowest BCUT2D eigenvalue weighted by atomic mass is 10.2. The summed E-state index contributed by atoms with van der Waals surface area (Å²) in [5.41, 5.74) is -0.0833. The molecule has 0 fully saturated rings. The summed E-state index contributed by atoms with van der Waals surface area (Å²) in [7, 11) is 0. The molecule has 0 spiro atoms. The van der Waals surface area contributed by atoms with E-state index >= 15 is 0 Å². The lowest BCUT2D eigenvalue weighted by molar-refractivity contribution is 0.843. The first-order chi connectivity index (χ1) is 7.39. The Kier molecular flexibility index (Phi) is 1.26. The molecule has 0 aliphatic carbocycles. The number of hydrogen-bond acceptors (Lipinski definition) is 2. The Labute approximate surface area is 87.4 Å². The van der Waals surface area contributed by atoms with Crippen molar-refractivity contribution < 1.29 is 4.11 Å². The molecular weight excluding hydrogens is 232 g/mol. The van der Waals surface area contributed by atoms with Gasteiger partial charge in [-0.2, -0.15) is 0 Å². The highest BCUT2D eigenvalue weighted by atomic mass is 79.9. The van der Waals surface area contributed by atoms with Crippen molar-refractivity contribution in [2.75, 3.05) is 0 Å². The molecule has 2 aromatic rings. The Bertz CT molecular complexity index is 606. The average Bonchev–Trinajstić information content (AvgIpc) is 2.17. The van der Waals surface area contributed by atoms with E-state index in [0.29, 0.717) is 14.6 Å². The number of aromatic nitrogens is 2. The second-order valence-corrected chi connectivity index (χ2v) is 3.50. The number of hydrogen-bond donors (Lipinski definition) is 0. The minimum atomic E-state index is -2.50. The van der Waals surface area contributed by atoms with Crippen LogP contribution in [0.2, 0.25) is 0 Å². The number of benzene rings is 1. The Hall–Kier alpha value is -1.16. The molecule has 1 heterocycles. The molecule has 0 aliphatic heterocycles. The van der Waals surface area contributed by atoms with Crippen molar-refractivity contribution in [1.29, 1.82) is 0 Å². The predicted octanol–water partition coefficient (Wildman–Crippen LogP) is 1.70. The van der Waals surface area contributed by atoms with Gasteiger partial charge in [-0.3, -0.25) is 4.79 Å². The van der Waals surface area contributed by atoms with Crippen molar-refractivity contribution in [2.45, 2.75) is 0 Å². The molecule has 1 aromatic heterocycles. The quantitative estimate of drug-likeness (QED) is 0.704. The Morgan fingerprint density at radius 1 is 1.62 bits per heavy atom. The van der Waals surface area contributed by atoms with Crippen LogP contribution in [-0.4, -0.2) is 9.55 Å². The highest BCUT2D eigenvalue weighted by molar-refractivity contribution is 9.10. The first-order valence-corrected chi connectivity index (χ1v) is 4.36. The van der Waals surface area contributed by atoms with Crippen LogP contribution in [0.15, 0.2) is 33.8 Å². The summed E-state index contributed by atoms with van der Waals surface area (Å²) in [4.78, 5) is 15.8. The largest absolute Gasteiger partial charge is 0.302 e. The molecule has 1 aromatic carbocycles. The summed E-state index contributed by atoms with van der Waals surface area (Å²) >= 11 is 3.23. The van der Waals surface area contributed by atoms with Crippen LogP contribution in [0.5, 0.6) is 0 Å². The average molecular weight is 242 g/mol. The molecule has 2 rings (SSSR count). The zero-order chi connectivity index (χ0) is 11.9. The van der Waals surface area contributed by atoms with Gasteiger partial charge in [0.1, 0.15) is 0 Å². The van der Waals surface area contributed by atoms with Crippen LogP contribution in [0.1, 0.15) is 4.11 Å². The van der Waals surface area contributed by atoms with Gasteiger partial charge in [0.2, 0.25) is 0 Å². The molecule has 0 aliphatic rings. The van der Waals surface area contributed by atoms with E-state index in [2.05, 4.69) is 20.9 Å². The molecule has 0 radical (unpaired) electrons. The van der Waals surface area contributed by atoms with Gasteiger partial charge in [0.05, 0.1) is 17.2 Å². The van der Waals surface area contributed by atoms with E-state index in [0.717, 1.165) is 6.33 Å². The van der Waals surface area contributed by atoms with E-state index in [1.165, 1.54) is 0 Å². The van der Waals surface area contributed by atoms with Gasteiger partial charge in [0.15, 0.2) is 0 Å². The summed E-state index contributed by atoms with van der Waals surface area (Å²) in [6, 6.07) is 4.96.